The predicted molar refractivity (Wildman–Crippen MR) is 86.2 cm³/mol. The number of amides is 1. The van der Waals surface area contributed by atoms with E-state index in [1.807, 2.05) is 12.1 Å². The van der Waals surface area contributed by atoms with Crippen molar-refractivity contribution in [3.8, 4) is 0 Å². The summed E-state index contributed by atoms with van der Waals surface area (Å²) < 4.78 is 0. The lowest BCUT2D eigenvalue weighted by Gasteiger charge is -2.36. The van der Waals surface area contributed by atoms with Gasteiger partial charge in [-0.15, -0.1) is 0 Å². The van der Waals surface area contributed by atoms with Crippen LogP contribution >= 0.6 is 0 Å². The number of fused-ring (bicyclic) bond motifs is 1. The van der Waals surface area contributed by atoms with Gasteiger partial charge in [0.2, 0.25) is 5.91 Å². The SMILES string of the molecule is CC1CCCC(NC(=O)C2CNc3ccccc3C2)C1C. The van der Waals surface area contributed by atoms with Crippen LogP contribution in [0.2, 0.25) is 0 Å². The second-order valence-corrected chi connectivity index (χ2v) is 6.82. The van der Waals surface area contributed by atoms with Gasteiger partial charge in [-0.1, -0.05) is 44.9 Å². The minimum Gasteiger partial charge on any atom is -0.384 e. The minimum absolute atomic E-state index is 0.0596. The van der Waals surface area contributed by atoms with Crippen molar-refractivity contribution >= 4 is 11.6 Å². The van der Waals surface area contributed by atoms with Crippen molar-refractivity contribution in [3.05, 3.63) is 29.8 Å². The predicted octanol–water partition coefficient (Wildman–Crippen LogP) is 3.21. The van der Waals surface area contributed by atoms with E-state index in [0.717, 1.165) is 19.4 Å². The Morgan fingerprint density at radius 2 is 2.05 bits per heavy atom. The number of nitrogens with one attached hydrogen (secondary N) is 2. The zero-order valence-electron chi connectivity index (χ0n) is 13.1. The smallest absolute Gasteiger partial charge is 0.225 e. The van der Waals surface area contributed by atoms with Crippen LogP contribution in [0.25, 0.3) is 0 Å². The Hall–Kier alpha value is -1.51. The van der Waals surface area contributed by atoms with Crippen LogP contribution in [-0.4, -0.2) is 18.5 Å². The Labute approximate surface area is 127 Å². The Bertz CT molecular complexity index is 514. The molecule has 2 N–H and O–H groups in total. The van der Waals surface area contributed by atoms with E-state index in [2.05, 4.69) is 36.6 Å². The first kappa shape index (κ1) is 14.4. The standard InChI is InChI=1S/C18H26N2O/c1-12-6-5-9-16(13(12)2)20-18(21)15-10-14-7-3-4-8-17(14)19-11-15/h3-4,7-8,12-13,15-16,19H,5-6,9-11H2,1-2H3,(H,20,21). The normalized spacial score (nSPS) is 31.9. The summed E-state index contributed by atoms with van der Waals surface area (Å²) in [5.74, 6) is 1.59. The number of hydrogen-bond acceptors (Lipinski definition) is 2. The molecule has 0 radical (unpaired) electrons. The van der Waals surface area contributed by atoms with Crippen molar-refractivity contribution in [1.82, 2.24) is 5.32 Å². The van der Waals surface area contributed by atoms with Gasteiger partial charge in [0.05, 0.1) is 5.92 Å². The molecule has 3 heteroatoms. The van der Waals surface area contributed by atoms with Gasteiger partial charge in [0.1, 0.15) is 0 Å². The first-order valence-corrected chi connectivity index (χ1v) is 8.27. The summed E-state index contributed by atoms with van der Waals surface area (Å²) >= 11 is 0. The summed E-state index contributed by atoms with van der Waals surface area (Å²) in [6.07, 6.45) is 4.52. The van der Waals surface area contributed by atoms with Crippen molar-refractivity contribution in [2.24, 2.45) is 17.8 Å². The molecule has 1 aromatic rings. The fraction of sp³-hybridized carbons (Fsp3) is 0.611. The summed E-state index contributed by atoms with van der Waals surface area (Å²) in [6.45, 7) is 5.34. The third-order valence-electron chi connectivity index (χ3n) is 5.43. The molecule has 1 aromatic carbocycles. The monoisotopic (exact) mass is 286 g/mol. The zero-order chi connectivity index (χ0) is 14.8. The molecule has 0 bridgehead atoms. The van der Waals surface area contributed by atoms with Crippen LogP contribution in [0.4, 0.5) is 5.69 Å². The molecule has 114 valence electrons. The minimum atomic E-state index is 0.0596. The van der Waals surface area contributed by atoms with E-state index >= 15 is 0 Å². The number of anilines is 1. The Kier molecular flexibility index (Phi) is 4.18. The van der Waals surface area contributed by atoms with E-state index in [9.17, 15) is 4.79 Å². The summed E-state index contributed by atoms with van der Waals surface area (Å²) in [5.41, 5.74) is 2.44. The Morgan fingerprint density at radius 1 is 1.24 bits per heavy atom. The quantitative estimate of drug-likeness (QED) is 0.876. The fourth-order valence-corrected chi connectivity index (χ4v) is 3.71. The van der Waals surface area contributed by atoms with Gasteiger partial charge in [-0.2, -0.15) is 0 Å². The third-order valence-corrected chi connectivity index (χ3v) is 5.43. The molecule has 1 aliphatic carbocycles. The number of para-hydroxylation sites is 1. The van der Waals surface area contributed by atoms with Crippen LogP contribution < -0.4 is 10.6 Å². The molecule has 0 saturated heterocycles. The number of carbonyl (C=O) groups is 1. The van der Waals surface area contributed by atoms with E-state index in [1.165, 1.54) is 24.1 Å². The Balaban J connectivity index is 1.62. The lowest BCUT2D eigenvalue weighted by Crippen LogP contribution is -2.48. The molecule has 2 aliphatic rings. The highest BCUT2D eigenvalue weighted by Gasteiger charge is 2.31. The van der Waals surface area contributed by atoms with Gasteiger partial charge in [0.25, 0.3) is 0 Å². The van der Waals surface area contributed by atoms with Crippen LogP contribution in [0.3, 0.4) is 0 Å². The molecule has 1 saturated carbocycles. The molecular weight excluding hydrogens is 260 g/mol. The highest BCUT2D eigenvalue weighted by Crippen LogP contribution is 2.30. The van der Waals surface area contributed by atoms with Gasteiger partial charge in [-0.3, -0.25) is 4.79 Å². The van der Waals surface area contributed by atoms with Crippen molar-refractivity contribution < 1.29 is 4.79 Å². The van der Waals surface area contributed by atoms with Gasteiger partial charge < -0.3 is 10.6 Å². The van der Waals surface area contributed by atoms with E-state index in [0.29, 0.717) is 17.9 Å². The average molecular weight is 286 g/mol. The first-order valence-electron chi connectivity index (χ1n) is 8.27. The molecule has 1 aliphatic heterocycles. The highest BCUT2D eigenvalue weighted by atomic mass is 16.2. The second-order valence-electron chi connectivity index (χ2n) is 6.82. The molecule has 1 heterocycles. The Morgan fingerprint density at radius 3 is 2.90 bits per heavy atom. The van der Waals surface area contributed by atoms with Crippen molar-refractivity contribution in [2.45, 2.75) is 45.6 Å². The highest BCUT2D eigenvalue weighted by molar-refractivity contribution is 5.81. The number of hydrogen-bond donors (Lipinski definition) is 2. The topological polar surface area (TPSA) is 41.1 Å². The molecule has 0 aromatic heterocycles. The van der Waals surface area contributed by atoms with E-state index < -0.39 is 0 Å². The number of rotatable bonds is 2. The van der Waals surface area contributed by atoms with Gasteiger partial charge in [0, 0.05) is 18.3 Å². The molecule has 0 spiro atoms. The molecule has 3 rings (SSSR count). The first-order chi connectivity index (χ1) is 10.1. The largest absolute Gasteiger partial charge is 0.384 e. The van der Waals surface area contributed by atoms with Crippen molar-refractivity contribution in [3.63, 3.8) is 0 Å². The van der Waals surface area contributed by atoms with Crippen LogP contribution in [0.5, 0.6) is 0 Å². The number of carbonyl (C=O) groups excluding carboxylic acids is 1. The van der Waals surface area contributed by atoms with Crippen LogP contribution in [-0.2, 0) is 11.2 Å². The van der Waals surface area contributed by atoms with E-state index in [4.69, 9.17) is 0 Å². The van der Waals surface area contributed by atoms with Gasteiger partial charge in [-0.25, -0.2) is 0 Å². The maximum Gasteiger partial charge on any atom is 0.225 e. The molecular formula is C18H26N2O. The summed E-state index contributed by atoms with van der Waals surface area (Å²) in [5, 5.41) is 6.71. The van der Waals surface area contributed by atoms with Crippen LogP contribution in [0.15, 0.2) is 24.3 Å². The van der Waals surface area contributed by atoms with Gasteiger partial charge >= 0.3 is 0 Å². The van der Waals surface area contributed by atoms with E-state index in [1.54, 1.807) is 0 Å². The maximum atomic E-state index is 12.6. The summed E-state index contributed by atoms with van der Waals surface area (Å²) in [6, 6.07) is 8.66. The summed E-state index contributed by atoms with van der Waals surface area (Å²) in [4.78, 5) is 12.6. The third kappa shape index (κ3) is 3.07. The molecule has 3 nitrogen and oxygen atoms in total. The lowest BCUT2D eigenvalue weighted by atomic mass is 9.78. The van der Waals surface area contributed by atoms with Crippen molar-refractivity contribution in [2.75, 3.05) is 11.9 Å². The molecule has 4 unspecified atom stereocenters. The van der Waals surface area contributed by atoms with Gasteiger partial charge in [-0.05, 0) is 36.3 Å². The zero-order valence-corrected chi connectivity index (χ0v) is 13.1. The molecule has 4 atom stereocenters. The molecule has 21 heavy (non-hydrogen) atoms. The van der Waals surface area contributed by atoms with Crippen LogP contribution in [0, 0.1) is 17.8 Å². The van der Waals surface area contributed by atoms with Gasteiger partial charge in [0.15, 0.2) is 0 Å². The lowest BCUT2D eigenvalue weighted by molar-refractivity contribution is -0.126. The average Bonchev–Trinajstić information content (AvgIpc) is 2.51. The fourth-order valence-electron chi connectivity index (χ4n) is 3.71. The number of benzene rings is 1. The van der Waals surface area contributed by atoms with Crippen molar-refractivity contribution in [1.29, 1.82) is 0 Å². The summed E-state index contributed by atoms with van der Waals surface area (Å²) in [7, 11) is 0. The maximum absolute atomic E-state index is 12.6. The molecule has 1 amide bonds. The second kappa shape index (κ2) is 6.08. The molecule has 1 fully saturated rings. The van der Waals surface area contributed by atoms with E-state index in [-0.39, 0.29) is 11.8 Å². The van der Waals surface area contributed by atoms with Crippen LogP contribution in [0.1, 0.15) is 38.7 Å².